The fraction of sp³-hybridized carbons (Fsp3) is 0.364. The van der Waals surface area contributed by atoms with Gasteiger partial charge in [0.05, 0.1) is 0 Å². The first-order valence-corrected chi connectivity index (χ1v) is 4.82. The lowest BCUT2D eigenvalue weighted by atomic mass is 10.2. The first kappa shape index (κ1) is 10.6. The summed E-state index contributed by atoms with van der Waals surface area (Å²) in [6.45, 7) is 0.831. The molecule has 76 valence electrons. The largest absolute Gasteiger partial charge is 0.385 e. The van der Waals surface area contributed by atoms with Crippen LogP contribution in [0.3, 0.4) is 0 Å². The lowest BCUT2D eigenvalue weighted by molar-refractivity contribution is -0.120. The van der Waals surface area contributed by atoms with E-state index in [4.69, 9.17) is 0 Å². The van der Waals surface area contributed by atoms with Crippen molar-refractivity contribution in [2.24, 2.45) is 0 Å². The standard InChI is InChI=1S/C11H16N2O/c1-12-11(14)8-5-9-13-10-6-3-2-4-7-10/h2-4,6-7,13H,5,8-9H2,1H3,(H,12,14). The smallest absolute Gasteiger partial charge is 0.219 e. The monoisotopic (exact) mass is 192 g/mol. The maximum absolute atomic E-state index is 10.9. The minimum Gasteiger partial charge on any atom is -0.385 e. The van der Waals surface area contributed by atoms with Gasteiger partial charge in [0.1, 0.15) is 0 Å². The Kier molecular flexibility index (Phi) is 4.55. The van der Waals surface area contributed by atoms with Gasteiger partial charge >= 0.3 is 0 Å². The molecule has 0 unspecified atom stereocenters. The van der Waals surface area contributed by atoms with Crippen molar-refractivity contribution in [2.45, 2.75) is 12.8 Å². The third kappa shape index (κ3) is 3.94. The van der Waals surface area contributed by atoms with E-state index in [1.165, 1.54) is 0 Å². The van der Waals surface area contributed by atoms with Gasteiger partial charge in [-0.1, -0.05) is 18.2 Å². The number of rotatable bonds is 5. The van der Waals surface area contributed by atoms with Crippen LogP contribution in [-0.2, 0) is 4.79 Å². The first-order chi connectivity index (χ1) is 6.83. The summed E-state index contributed by atoms with van der Waals surface area (Å²) in [5, 5.41) is 5.84. The number of carbonyl (C=O) groups excluding carboxylic acids is 1. The van der Waals surface area contributed by atoms with Gasteiger partial charge in [0.15, 0.2) is 0 Å². The Morgan fingerprint density at radius 2 is 2.00 bits per heavy atom. The second-order valence-corrected chi connectivity index (χ2v) is 3.07. The summed E-state index contributed by atoms with van der Waals surface area (Å²) in [4.78, 5) is 10.9. The summed E-state index contributed by atoms with van der Waals surface area (Å²) in [5.74, 6) is 0.0971. The van der Waals surface area contributed by atoms with Crippen molar-refractivity contribution in [1.82, 2.24) is 5.32 Å². The van der Waals surface area contributed by atoms with Crippen molar-refractivity contribution in [1.29, 1.82) is 0 Å². The van der Waals surface area contributed by atoms with Gasteiger partial charge in [-0.3, -0.25) is 4.79 Å². The number of nitrogens with one attached hydrogen (secondary N) is 2. The molecule has 1 rings (SSSR count). The van der Waals surface area contributed by atoms with Gasteiger partial charge in [-0.05, 0) is 18.6 Å². The van der Waals surface area contributed by atoms with Crippen molar-refractivity contribution in [2.75, 3.05) is 18.9 Å². The van der Waals surface area contributed by atoms with E-state index < -0.39 is 0 Å². The quantitative estimate of drug-likeness (QED) is 0.696. The lowest BCUT2D eigenvalue weighted by Crippen LogP contribution is -2.18. The van der Waals surface area contributed by atoms with E-state index in [0.29, 0.717) is 6.42 Å². The first-order valence-electron chi connectivity index (χ1n) is 4.82. The van der Waals surface area contributed by atoms with Gasteiger partial charge < -0.3 is 10.6 Å². The zero-order chi connectivity index (χ0) is 10.2. The Hall–Kier alpha value is -1.51. The topological polar surface area (TPSA) is 41.1 Å². The maximum atomic E-state index is 10.9. The molecule has 0 fully saturated rings. The summed E-state index contributed by atoms with van der Waals surface area (Å²) in [7, 11) is 1.66. The molecule has 1 aromatic carbocycles. The van der Waals surface area contributed by atoms with E-state index in [1.54, 1.807) is 7.05 Å². The lowest BCUT2D eigenvalue weighted by Gasteiger charge is -2.04. The molecule has 1 amide bonds. The highest BCUT2D eigenvalue weighted by atomic mass is 16.1. The summed E-state index contributed by atoms with van der Waals surface area (Å²) >= 11 is 0. The van der Waals surface area contributed by atoms with E-state index in [-0.39, 0.29) is 5.91 Å². The molecule has 2 N–H and O–H groups in total. The van der Waals surface area contributed by atoms with Crippen molar-refractivity contribution in [3.05, 3.63) is 30.3 Å². The van der Waals surface area contributed by atoms with Crippen molar-refractivity contribution < 1.29 is 4.79 Å². The van der Waals surface area contributed by atoms with Gasteiger partial charge in [-0.25, -0.2) is 0 Å². The van der Waals surface area contributed by atoms with E-state index >= 15 is 0 Å². The number of benzene rings is 1. The SMILES string of the molecule is CNC(=O)CCCNc1ccccc1. The van der Waals surface area contributed by atoms with Crippen molar-refractivity contribution >= 4 is 11.6 Å². The Morgan fingerprint density at radius 1 is 1.29 bits per heavy atom. The van der Waals surface area contributed by atoms with Crippen LogP contribution >= 0.6 is 0 Å². The van der Waals surface area contributed by atoms with Crippen molar-refractivity contribution in [3.8, 4) is 0 Å². The summed E-state index contributed by atoms with van der Waals surface area (Å²) in [5.41, 5.74) is 1.10. The van der Waals surface area contributed by atoms with Gasteiger partial charge in [-0.2, -0.15) is 0 Å². The van der Waals surface area contributed by atoms with Gasteiger partial charge in [0.2, 0.25) is 5.91 Å². The average Bonchev–Trinajstić information content (AvgIpc) is 2.25. The number of carbonyl (C=O) groups is 1. The third-order valence-corrected chi connectivity index (χ3v) is 1.96. The predicted molar refractivity (Wildman–Crippen MR) is 58.2 cm³/mol. The summed E-state index contributed by atoms with van der Waals surface area (Å²) in [6.07, 6.45) is 1.44. The number of hydrogen-bond donors (Lipinski definition) is 2. The molecular weight excluding hydrogens is 176 g/mol. The van der Waals surface area contributed by atoms with Crippen LogP contribution in [0.25, 0.3) is 0 Å². The molecule has 0 aromatic heterocycles. The fourth-order valence-corrected chi connectivity index (χ4v) is 1.16. The highest BCUT2D eigenvalue weighted by molar-refractivity contribution is 5.75. The number of amides is 1. The minimum atomic E-state index is 0.0971. The van der Waals surface area contributed by atoms with Crippen LogP contribution in [0.15, 0.2) is 30.3 Å². The Bertz CT molecular complexity index is 272. The Labute approximate surface area is 84.5 Å². The maximum Gasteiger partial charge on any atom is 0.219 e. The molecule has 0 heterocycles. The molecule has 0 saturated heterocycles. The molecule has 0 aliphatic rings. The van der Waals surface area contributed by atoms with Crippen LogP contribution in [0.4, 0.5) is 5.69 Å². The highest BCUT2D eigenvalue weighted by Crippen LogP contribution is 2.04. The fourth-order valence-electron chi connectivity index (χ4n) is 1.16. The van der Waals surface area contributed by atoms with Gasteiger partial charge in [-0.15, -0.1) is 0 Å². The number of para-hydroxylation sites is 1. The molecule has 0 saturated carbocycles. The molecule has 0 aliphatic carbocycles. The van der Waals surface area contributed by atoms with E-state index in [1.807, 2.05) is 30.3 Å². The van der Waals surface area contributed by atoms with Crippen molar-refractivity contribution in [3.63, 3.8) is 0 Å². The summed E-state index contributed by atoms with van der Waals surface area (Å²) in [6, 6.07) is 9.98. The molecule has 0 radical (unpaired) electrons. The van der Waals surface area contributed by atoms with Gasteiger partial charge in [0, 0.05) is 25.7 Å². The Morgan fingerprint density at radius 3 is 2.64 bits per heavy atom. The Balaban J connectivity index is 2.13. The van der Waals surface area contributed by atoms with Crippen LogP contribution in [0.5, 0.6) is 0 Å². The van der Waals surface area contributed by atoms with E-state index in [9.17, 15) is 4.79 Å². The molecule has 1 aromatic rings. The zero-order valence-corrected chi connectivity index (χ0v) is 8.42. The molecular formula is C11H16N2O. The van der Waals surface area contributed by atoms with E-state index in [0.717, 1.165) is 18.7 Å². The molecule has 0 bridgehead atoms. The highest BCUT2D eigenvalue weighted by Gasteiger charge is 1.96. The second-order valence-electron chi connectivity index (χ2n) is 3.07. The molecule has 14 heavy (non-hydrogen) atoms. The molecule has 0 spiro atoms. The third-order valence-electron chi connectivity index (χ3n) is 1.96. The minimum absolute atomic E-state index is 0.0971. The molecule has 3 heteroatoms. The van der Waals surface area contributed by atoms with Crippen LogP contribution in [0, 0.1) is 0 Å². The van der Waals surface area contributed by atoms with Crippen LogP contribution in [-0.4, -0.2) is 19.5 Å². The van der Waals surface area contributed by atoms with Crippen LogP contribution < -0.4 is 10.6 Å². The number of hydrogen-bond acceptors (Lipinski definition) is 2. The molecule has 0 aliphatic heterocycles. The predicted octanol–water partition coefficient (Wildman–Crippen LogP) is 1.62. The number of anilines is 1. The van der Waals surface area contributed by atoms with Crippen LogP contribution in [0.2, 0.25) is 0 Å². The van der Waals surface area contributed by atoms with Gasteiger partial charge in [0.25, 0.3) is 0 Å². The summed E-state index contributed by atoms with van der Waals surface area (Å²) < 4.78 is 0. The molecule has 0 atom stereocenters. The van der Waals surface area contributed by atoms with Crippen LogP contribution in [0.1, 0.15) is 12.8 Å². The second kappa shape index (κ2) is 6.02. The van der Waals surface area contributed by atoms with E-state index in [2.05, 4.69) is 10.6 Å². The normalized spacial score (nSPS) is 9.50. The zero-order valence-electron chi connectivity index (χ0n) is 8.42. The molecule has 3 nitrogen and oxygen atoms in total. The average molecular weight is 192 g/mol.